The number of rotatable bonds is 5. The van der Waals surface area contributed by atoms with Gasteiger partial charge in [0.15, 0.2) is 0 Å². The van der Waals surface area contributed by atoms with Gasteiger partial charge >= 0.3 is 0 Å². The van der Waals surface area contributed by atoms with Crippen LogP contribution < -0.4 is 10.5 Å². The molecule has 0 heterocycles. The molecule has 0 fully saturated rings. The summed E-state index contributed by atoms with van der Waals surface area (Å²) in [6, 6.07) is 14.4. The Kier molecular flexibility index (Phi) is 4.64. The van der Waals surface area contributed by atoms with Gasteiger partial charge in [0.05, 0.1) is 7.11 Å². The fraction of sp³-hybridized carbons (Fsp3) is 0.294. The number of nitrogen functional groups attached to an aromatic ring is 1. The Morgan fingerprint density at radius 2 is 1.75 bits per heavy atom. The number of hydrogen-bond acceptors (Lipinski definition) is 3. The Labute approximate surface area is 121 Å². The van der Waals surface area contributed by atoms with Crippen molar-refractivity contribution in [1.82, 2.24) is 4.90 Å². The van der Waals surface area contributed by atoms with Crippen molar-refractivity contribution in [2.45, 2.75) is 20.0 Å². The van der Waals surface area contributed by atoms with Crippen molar-refractivity contribution in [3.63, 3.8) is 0 Å². The highest BCUT2D eigenvalue weighted by molar-refractivity contribution is 5.47. The van der Waals surface area contributed by atoms with Crippen molar-refractivity contribution in [1.29, 1.82) is 0 Å². The van der Waals surface area contributed by atoms with Gasteiger partial charge in [0.25, 0.3) is 0 Å². The van der Waals surface area contributed by atoms with Crippen molar-refractivity contribution in [3.8, 4) is 5.75 Å². The molecule has 106 valence electrons. The molecule has 0 bridgehead atoms. The van der Waals surface area contributed by atoms with Crippen LogP contribution in [-0.2, 0) is 13.1 Å². The van der Waals surface area contributed by atoms with Crippen molar-refractivity contribution < 1.29 is 4.74 Å². The minimum atomic E-state index is 0.768. The monoisotopic (exact) mass is 270 g/mol. The van der Waals surface area contributed by atoms with E-state index in [-0.39, 0.29) is 0 Å². The average molecular weight is 270 g/mol. The van der Waals surface area contributed by atoms with Crippen molar-refractivity contribution in [2.75, 3.05) is 19.9 Å². The molecule has 0 saturated carbocycles. The van der Waals surface area contributed by atoms with E-state index in [1.807, 2.05) is 18.2 Å². The van der Waals surface area contributed by atoms with Crippen molar-refractivity contribution in [3.05, 3.63) is 59.2 Å². The maximum absolute atomic E-state index is 5.85. The first kappa shape index (κ1) is 14.4. The topological polar surface area (TPSA) is 38.5 Å². The van der Waals surface area contributed by atoms with Crippen LogP contribution in [0.15, 0.2) is 42.5 Å². The number of benzene rings is 2. The lowest BCUT2D eigenvalue weighted by Gasteiger charge is -2.19. The number of methoxy groups -OCH3 is 1. The van der Waals surface area contributed by atoms with Crippen molar-refractivity contribution >= 4 is 5.69 Å². The number of anilines is 1. The normalized spacial score (nSPS) is 10.8. The summed E-state index contributed by atoms with van der Waals surface area (Å²) in [5, 5.41) is 0. The molecule has 2 aromatic carbocycles. The van der Waals surface area contributed by atoms with Gasteiger partial charge in [-0.15, -0.1) is 0 Å². The smallest absolute Gasteiger partial charge is 0.123 e. The Hall–Kier alpha value is -2.00. The second-order valence-corrected chi connectivity index (χ2v) is 5.23. The van der Waals surface area contributed by atoms with Gasteiger partial charge in [-0.05, 0) is 37.7 Å². The molecule has 0 aliphatic rings. The zero-order valence-corrected chi connectivity index (χ0v) is 12.4. The predicted octanol–water partition coefficient (Wildman–Crippen LogP) is 3.22. The van der Waals surface area contributed by atoms with Gasteiger partial charge in [0.1, 0.15) is 5.75 Å². The fourth-order valence-corrected chi connectivity index (χ4v) is 2.27. The van der Waals surface area contributed by atoms with Gasteiger partial charge in [0.2, 0.25) is 0 Å². The quantitative estimate of drug-likeness (QED) is 0.848. The van der Waals surface area contributed by atoms with E-state index in [1.165, 1.54) is 11.1 Å². The molecular formula is C17H22N2O. The van der Waals surface area contributed by atoms with E-state index in [4.69, 9.17) is 10.5 Å². The Morgan fingerprint density at radius 1 is 1.05 bits per heavy atom. The molecule has 0 atom stereocenters. The zero-order valence-electron chi connectivity index (χ0n) is 12.4. The van der Waals surface area contributed by atoms with E-state index in [1.54, 1.807) is 7.11 Å². The first-order valence-corrected chi connectivity index (χ1v) is 6.75. The Bertz CT molecular complexity index is 564. The zero-order chi connectivity index (χ0) is 14.5. The number of aryl methyl sites for hydroxylation is 1. The summed E-state index contributed by atoms with van der Waals surface area (Å²) < 4.78 is 5.38. The standard InChI is InChI=1S/C17H22N2O/c1-13-4-6-14(7-5-13)11-19(2)12-15-10-16(18)8-9-17(15)20-3/h4-10H,11-12,18H2,1-3H3. The van der Waals surface area contributed by atoms with Crippen LogP contribution >= 0.6 is 0 Å². The maximum atomic E-state index is 5.85. The summed E-state index contributed by atoms with van der Waals surface area (Å²) in [5.41, 5.74) is 10.3. The lowest BCUT2D eigenvalue weighted by molar-refractivity contribution is 0.310. The Balaban J connectivity index is 2.05. The lowest BCUT2D eigenvalue weighted by Crippen LogP contribution is -2.17. The molecule has 2 rings (SSSR count). The van der Waals surface area contributed by atoms with E-state index in [0.29, 0.717) is 0 Å². The summed E-state index contributed by atoms with van der Waals surface area (Å²) in [6.45, 7) is 3.81. The van der Waals surface area contributed by atoms with Gasteiger partial charge in [0, 0.05) is 24.3 Å². The molecule has 0 amide bonds. The van der Waals surface area contributed by atoms with Crippen LogP contribution in [0.3, 0.4) is 0 Å². The first-order valence-electron chi connectivity index (χ1n) is 6.75. The molecule has 20 heavy (non-hydrogen) atoms. The third kappa shape index (κ3) is 3.75. The molecule has 0 radical (unpaired) electrons. The van der Waals surface area contributed by atoms with Gasteiger partial charge in [-0.2, -0.15) is 0 Å². The van der Waals surface area contributed by atoms with Crippen LogP contribution in [0.2, 0.25) is 0 Å². The largest absolute Gasteiger partial charge is 0.496 e. The van der Waals surface area contributed by atoms with E-state index in [0.717, 1.165) is 30.1 Å². The van der Waals surface area contributed by atoms with E-state index in [9.17, 15) is 0 Å². The van der Waals surface area contributed by atoms with E-state index >= 15 is 0 Å². The maximum Gasteiger partial charge on any atom is 0.123 e. The highest BCUT2D eigenvalue weighted by atomic mass is 16.5. The molecule has 3 heteroatoms. The minimum Gasteiger partial charge on any atom is -0.496 e. The molecule has 3 nitrogen and oxygen atoms in total. The molecule has 2 N–H and O–H groups in total. The molecule has 0 saturated heterocycles. The van der Waals surface area contributed by atoms with E-state index in [2.05, 4.69) is 43.1 Å². The first-order chi connectivity index (χ1) is 9.58. The van der Waals surface area contributed by atoms with Gasteiger partial charge in [-0.1, -0.05) is 29.8 Å². The van der Waals surface area contributed by atoms with Crippen LogP contribution in [0, 0.1) is 6.92 Å². The highest BCUT2D eigenvalue weighted by Crippen LogP contribution is 2.22. The predicted molar refractivity (Wildman–Crippen MR) is 83.8 cm³/mol. The van der Waals surface area contributed by atoms with Crippen LogP contribution in [0.25, 0.3) is 0 Å². The number of ether oxygens (including phenoxy) is 1. The summed E-state index contributed by atoms with van der Waals surface area (Å²) in [4.78, 5) is 2.25. The lowest BCUT2D eigenvalue weighted by atomic mass is 10.1. The number of nitrogens with two attached hydrogens (primary N) is 1. The van der Waals surface area contributed by atoms with Crippen LogP contribution in [0.1, 0.15) is 16.7 Å². The van der Waals surface area contributed by atoms with Crippen LogP contribution in [-0.4, -0.2) is 19.1 Å². The summed E-state index contributed by atoms with van der Waals surface area (Å²) in [7, 11) is 3.79. The summed E-state index contributed by atoms with van der Waals surface area (Å²) in [6.07, 6.45) is 0. The summed E-state index contributed by atoms with van der Waals surface area (Å²) in [5.74, 6) is 0.884. The molecule has 2 aromatic rings. The molecule has 0 unspecified atom stereocenters. The molecule has 0 aliphatic heterocycles. The molecule has 0 aliphatic carbocycles. The van der Waals surface area contributed by atoms with Gasteiger partial charge in [-0.3, -0.25) is 4.90 Å². The second kappa shape index (κ2) is 6.44. The SMILES string of the molecule is COc1ccc(N)cc1CN(C)Cc1ccc(C)cc1. The molecule has 0 aromatic heterocycles. The Morgan fingerprint density at radius 3 is 2.40 bits per heavy atom. The molecular weight excluding hydrogens is 248 g/mol. The van der Waals surface area contributed by atoms with Crippen LogP contribution in [0.5, 0.6) is 5.75 Å². The highest BCUT2D eigenvalue weighted by Gasteiger charge is 2.07. The number of hydrogen-bond donors (Lipinski definition) is 1. The second-order valence-electron chi connectivity index (χ2n) is 5.23. The fourth-order valence-electron chi connectivity index (χ4n) is 2.27. The summed E-state index contributed by atoms with van der Waals surface area (Å²) >= 11 is 0. The van der Waals surface area contributed by atoms with Gasteiger partial charge in [-0.25, -0.2) is 0 Å². The van der Waals surface area contributed by atoms with Crippen LogP contribution in [0.4, 0.5) is 5.69 Å². The average Bonchev–Trinajstić information content (AvgIpc) is 2.41. The number of nitrogens with zero attached hydrogens (tertiary/aromatic N) is 1. The third-order valence-corrected chi connectivity index (χ3v) is 3.32. The minimum absolute atomic E-state index is 0.768. The van der Waals surface area contributed by atoms with Crippen molar-refractivity contribution in [2.24, 2.45) is 0 Å². The van der Waals surface area contributed by atoms with Gasteiger partial charge < -0.3 is 10.5 Å². The third-order valence-electron chi connectivity index (χ3n) is 3.32. The van der Waals surface area contributed by atoms with E-state index < -0.39 is 0 Å². The molecule has 0 spiro atoms.